The molecule has 0 saturated heterocycles. The van der Waals surface area contributed by atoms with E-state index in [4.69, 9.17) is 0 Å². The Hall–Kier alpha value is -0.300. The molecule has 0 nitrogen and oxygen atoms in total. The van der Waals surface area contributed by atoms with Crippen LogP contribution in [-0.4, -0.2) is 0 Å². The van der Waals surface area contributed by atoms with Gasteiger partial charge in [-0.3, -0.25) is 0 Å². The maximum Gasteiger partial charge on any atom is 0.0175 e. The summed E-state index contributed by atoms with van der Waals surface area (Å²) in [5.41, 5.74) is 1.44. The first-order valence-electron chi connectivity index (χ1n) is 4.85. The van der Waals surface area contributed by atoms with Crippen molar-refractivity contribution in [2.24, 2.45) is 5.92 Å². The SMILES string of the molecule is CC(C)CC(C)c1ccc(Br)cc1. The Bertz CT molecular complexity index is 248. The van der Waals surface area contributed by atoms with Crippen molar-refractivity contribution >= 4 is 15.9 Å². The molecule has 1 aromatic carbocycles. The van der Waals surface area contributed by atoms with E-state index in [1.807, 2.05) is 0 Å². The molecular formula is C12H17Br. The van der Waals surface area contributed by atoms with E-state index in [2.05, 4.69) is 61.0 Å². The molecule has 0 spiro atoms. The molecule has 1 unspecified atom stereocenters. The zero-order valence-corrected chi connectivity index (χ0v) is 10.1. The largest absolute Gasteiger partial charge is 0.0628 e. The summed E-state index contributed by atoms with van der Waals surface area (Å²) in [6.45, 7) is 6.84. The molecule has 0 aliphatic heterocycles. The standard InChI is InChI=1S/C12H17Br/c1-9(2)8-10(3)11-4-6-12(13)7-5-11/h4-7,9-10H,8H2,1-3H3. The number of hydrogen-bond acceptors (Lipinski definition) is 0. The van der Waals surface area contributed by atoms with Crippen LogP contribution in [0.5, 0.6) is 0 Å². The van der Waals surface area contributed by atoms with Gasteiger partial charge in [-0.1, -0.05) is 48.8 Å². The van der Waals surface area contributed by atoms with Gasteiger partial charge in [-0.15, -0.1) is 0 Å². The second kappa shape index (κ2) is 4.80. The van der Waals surface area contributed by atoms with Crippen molar-refractivity contribution in [3.05, 3.63) is 34.3 Å². The lowest BCUT2D eigenvalue weighted by molar-refractivity contribution is 0.523. The van der Waals surface area contributed by atoms with Crippen molar-refractivity contribution in [2.45, 2.75) is 33.1 Å². The van der Waals surface area contributed by atoms with Gasteiger partial charge in [-0.25, -0.2) is 0 Å². The predicted molar refractivity (Wildman–Crippen MR) is 62.0 cm³/mol. The first-order chi connectivity index (χ1) is 6.09. The fourth-order valence-corrected chi connectivity index (χ4v) is 1.90. The van der Waals surface area contributed by atoms with Gasteiger partial charge in [-0.2, -0.15) is 0 Å². The highest BCUT2D eigenvalue weighted by Crippen LogP contribution is 2.24. The van der Waals surface area contributed by atoms with Gasteiger partial charge in [0.2, 0.25) is 0 Å². The quantitative estimate of drug-likeness (QED) is 0.725. The Balaban J connectivity index is 2.66. The summed E-state index contributed by atoms with van der Waals surface area (Å²) in [6.07, 6.45) is 1.27. The molecule has 1 atom stereocenters. The van der Waals surface area contributed by atoms with E-state index in [-0.39, 0.29) is 0 Å². The Kier molecular flexibility index (Phi) is 3.98. The van der Waals surface area contributed by atoms with Crippen LogP contribution in [0.4, 0.5) is 0 Å². The Morgan fingerprint density at radius 2 is 1.62 bits per heavy atom. The van der Waals surface area contributed by atoms with Crippen LogP contribution in [0.15, 0.2) is 28.7 Å². The molecule has 0 N–H and O–H groups in total. The van der Waals surface area contributed by atoms with Crippen molar-refractivity contribution in [1.82, 2.24) is 0 Å². The molecular weight excluding hydrogens is 224 g/mol. The van der Waals surface area contributed by atoms with E-state index in [0.29, 0.717) is 5.92 Å². The van der Waals surface area contributed by atoms with Crippen molar-refractivity contribution in [3.8, 4) is 0 Å². The molecule has 0 aliphatic rings. The average Bonchev–Trinajstić information content (AvgIpc) is 2.04. The van der Waals surface area contributed by atoms with Crippen LogP contribution in [0, 0.1) is 5.92 Å². The fraction of sp³-hybridized carbons (Fsp3) is 0.500. The lowest BCUT2D eigenvalue weighted by Crippen LogP contribution is -1.98. The summed E-state index contributed by atoms with van der Waals surface area (Å²) in [4.78, 5) is 0. The van der Waals surface area contributed by atoms with Crippen molar-refractivity contribution in [2.75, 3.05) is 0 Å². The summed E-state index contributed by atoms with van der Waals surface area (Å²) in [7, 11) is 0. The van der Waals surface area contributed by atoms with Gasteiger partial charge >= 0.3 is 0 Å². The van der Waals surface area contributed by atoms with Gasteiger partial charge in [0.15, 0.2) is 0 Å². The zero-order chi connectivity index (χ0) is 9.84. The summed E-state index contributed by atoms with van der Waals surface area (Å²) in [5, 5.41) is 0. The lowest BCUT2D eigenvalue weighted by atomic mass is 9.92. The van der Waals surface area contributed by atoms with E-state index in [1.165, 1.54) is 12.0 Å². The van der Waals surface area contributed by atoms with Crippen LogP contribution < -0.4 is 0 Å². The topological polar surface area (TPSA) is 0 Å². The molecule has 1 rings (SSSR count). The highest BCUT2D eigenvalue weighted by molar-refractivity contribution is 9.10. The zero-order valence-electron chi connectivity index (χ0n) is 8.55. The molecule has 0 heterocycles. The van der Waals surface area contributed by atoms with Gasteiger partial charge in [0.1, 0.15) is 0 Å². The van der Waals surface area contributed by atoms with Gasteiger partial charge in [-0.05, 0) is 36.0 Å². The molecule has 0 saturated carbocycles. The minimum absolute atomic E-state index is 0.674. The average molecular weight is 241 g/mol. The second-order valence-corrected chi connectivity index (χ2v) is 5.00. The highest BCUT2D eigenvalue weighted by atomic mass is 79.9. The monoisotopic (exact) mass is 240 g/mol. The first kappa shape index (κ1) is 10.8. The molecule has 72 valence electrons. The summed E-state index contributed by atoms with van der Waals surface area (Å²) >= 11 is 3.45. The molecule has 0 radical (unpaired) electrons. The van der Waals surface area contributed by atoms with Gasteiger partial charge in [0.25, 0.3) is 0 Å². The Morgan fingerprint density at radius 3 is 2.08 bits per heavy atom. The maximum absolute atomic E-state index is 3.45. The van der Waals surface area contributed by atoms with Crippen LogP contribution in [0.25, 0.3) is 0 Å². The van der Waals surface area contributed by atoms with Crippen LogP contribution in [-0.2, 0) is 0 Å². The van der Waals surface area contributed by atoms with E-state index < -0.39 is 0 Å². The molecule has 0 aromatic heterocycles. The number of benzene rings is 1. The first-order valence-corrected chi connectivity index (χ1v) is 5.64. The van der Waals surface area contributed by atoms with E-state index >= 15 is 0 Å². The molecule has 1 aromatic rings. The summed E-state index contributed by atoms with van der Waals surface area (Å²) in [5.74, 6) is 1.45. The van der Waals surface area contributed by atoms with Crippen molar-refractivity contribution < 1.29 is 0 Å². The van der Waals surface area contributed by atoms with Crippen LogP contribution in [0.2, 0.25) is 0 Å². The molecule has 1 heteroatoms. The second-order valence-electron chi connectivity index (χ2n) is 4.08. The fourth-order valence-electron chi connectivity index (χ4n) is 1.63. The normalized spacial score (nSPS) is 13.3. The lowest BCUT2D eigenvalue weighted by Gasteiger charge is -2.14. The van der Waals surface area contributed by atoms with Crippen LogP contribution in [0.1, 0.15) is 38.7 Å². The van der Waals surface area contributed by atoms with Gasteiger partial charge < -0.3 is 0 Å². The third-order valence-corrected chi connectivity index (χ3v) is 2.79. The number of halogens is 1. The van der Waals surface area contributed by atoms with Crippen molar-refractivity contribution in [3.63, 3.8) is 0 Å². The molecule has 0 bridgehead atoms. The highest BCUT2D eigenvalue weighted by Gasteiger charge is 2.06. The smallest absolute Gasteiger partial charge is 0.0175 e. The number of hydrogen-bond donors (Lipinski definition) is 0. The van der Waals surface area contributed by atoms with E-state index in [1.54, 1.807) is 0 Å². The van der Waals surface area contributed by atoms with E-state index in [0.717, 1.165) is 10.4 Å². The maximum atomic E-state index is 3.45. The Labute approximate surface area is 89.5 Å². The molecule has 0 fully saturated rings. The van der Waals surface area contributed by atoms with E-state index in [9.17, 15) is 0 Å². The Morgan fingerprint density at radius 1 is 1.08 bits per heavy atom. The molecule has 0 amide bonds. The molecule has 0 aliphatic carbocycles. The minimum Gasteiger partial charge on any atom is -0.0628 e. The van der Waals surface area contributed by atoms with Gasteiger partial charge in [0, 0.05) is 4.47 Å². The summed E-state index contributed by atoms with van der Waals surface area (Å²) in [6, 6.07) is 8.65. The predicted octanol–water partition coefficient (Wildman–Crippen LogP) is 4.60. The van der Waals surface area contributed by atoms with Gasteiger partial charge in [0.05, 0.1) is 0 Å². The third kappa shape index (κ3) is 3.51. The van der Waals surface area contributed by atoms with Crippen LogP contribution in [0.3, 0.4) is 0 Å². The van der Waals surface area contributed by atoms with Crippen molar-refractivity contribution in [1.29, 1.82) is 0 Å². The van der Waals surface area contributed by atoms with Crippen LogP contribution >= 0.6 is 15.9 Å². The summed E-state index contributed by atoms with van der Waals surface area (Å²) < 4.78 is 1.16. The molecule has 13 heavy (non-hydrogen) atoms. The number of rotatable bonds is 3. The minimum atomic E-state index is 0.674. The third-order valence-electron chi connectivity index (χ3n) is 2.26.